The lowest BCUT2D eigenvalue weighted by molar-refractivity contribution is 0.0940. The Morgan fingerprint density at radius 2 is 2.32 bits per heavy atom. The van der Waals surface area contributed by atoms with E-state index in [1.165, 1.54) is 0 Å². The second-order valence-electron chi connectivity index (χ2n) is 4.53. The van der Waals surface area contributed by atoms with Gasteiger partial charge in [0.15, 0.2) is 0 Å². The molecule has 3 N–H and O–H groups in total. The summed E-state index contributed by atoms with van der Waals surface area (Å²) in [7, 11) is 0. The zero-order chi connectivity index (χ0) is 14.0. The normalized spacial score (nSPS) is 10.9. The Balaban J connectivity index is 2.10. The number of hydrogen-bond acceptors (Lipinski definition) is 3. The van der Waals surface area contributed by atoms with Gasteiger partial charge >= 0.3 is 0 Å². The third-order valence-electron chi connectivity index (χ3n) is 2.76. The summed E-state index contributed by atoms with van der Waals surface area (Å²) in [6, 6.07) is 3.88. The lowest BCUT2D eigenvalue weighted by Crippen LogP contribution is -2.25. The van der Waals surface area contributed by atoms with Gasteiger partial charge in [0.2, 0.25) is 0 Å². The van der Waals surface area contributed by atoms with Gasteiger partial charge in [-0.3, -0.25) is 4.79 Å². The molecule has 0 aliphatic rings. The van der Waals surface area contributed by atoms with E-state index in [-0.39, 0.29) is 11.9 Å². The number of halogens is 1. The molecule has 0 bridgehead atoms. The average Bonchev–Trinajstić information content (AvgIpc) is 2.92. The number of nitrogens with two attached hydrogens (primary N) is 1. The third-order valence-corrected chi connectivity index (χ3v) is 4.69. The van der Waals surface area contributed by atoms with Crippen LogP contribution in [0.25, 0.3) is 0 Å². The summed E-state index contributed by atoms with van der Waals surface area (Å²) in [5, 5.41) is 4.90. The monoisotopic (exact) mass is 341 g/mol. The third kappa shape index (κ3) is 3.19. The molecule has 0 aliphatic carbocycles. The van der Waals surface area contributed by atoms with Gasteiger partial charge in [0.05, 0.1) is 12.2 Å². The fourth-order valence-corrected chi connectivity index (χ4v) is 3.24. The highest BCUT2D eigenvalue weighted by molar-refractivity contribution is 9.10. The molecular weight excluding hydrogens is 326 g/mol. The fourth-order valence-electron chi connectivity index (χ4n) is 1.81. The Kier molecular flexibility index (Phi) is 4.31. The van der Waals surface area contributed by atoms with Crippen LogP contribution in [0.3, 0.4) is 0 Å². The average molecular weight is 342 g/mol. The Labute approximate surface area is 124 Å². The Hall–Kier alpha value is -1.27. The van der Waals surface area contributed by atoms with E-state index in [0.717, 1.165) is 9.35 Å². The summed E-state index contributed by atoms with van der Waals surface area (Å²) >= 11 is 5.06. The number of rotatable bonds is 4. The summed E-state index contributed by atoms with van der Waals surface area (Å²) in [5.41, 5.74) is 6.97. The first-order chi connectivity index (χ1) is 8.99. The smallest absolute Gasteiger partial charge is 0.268 e. The van der Waals surface area contributed by atoms with Gasteiger partial charge in [-0.1, -0.05) is 0 Å². The van der Waals surface area contributed by atoms with Crippen LogP contribution in [0, 0.1) is 0 Å². The van der Waals surface area contributed by atoms with E-state index < -0.39 is 0 Å². The number of amides is 1. The molecule has 6 heteroatoms. The first kappa shape index (κ1) is 14.1. The molecular formula is C13H16BrN3OS. The molecule has 2 aromatic rings. The fraction of sp³-hybridized carbons (Fsp3) is 0.308. The highest BCUT2D eigenvalue weighted by Gasteiger charge is 2.15. The molecule has 0 spiro atoms. The van der Waals surface area contributed by atoms with Crippen molar-refractivity contribution in [3.8, 4) is 0 Å². The Morgan fingerprint density at radius 3 is 2.89 bits per heavy atom. The maximum absolute atomic E-state index is 12.2. The van der Waals surface area contributed by atoms with Crippen molar-refractivity contribution >= 4 is 38.9 Å². The molecule has 0 unspecified atom stereocenters. The van der Waals surface area contributed by atoms with Gasteiger partial charge in [-0.2, -0.15) is 0 Å². The number of nitrogens with zero attached hydrogens (tertiary/aromatic N) is 1. The molecule has 0 aromatic carbocycles. The van der Waals surface area contributed by atoms with Crippen LogP contribution in [0.15, 0.2) is 28.2 Å². The van der Waals surface area contributed by atoms with Gasteiger partial charge in [-0.15, -0.1) is 11.3 Å². The second kappa shape index (κ2) is 5.79. The number of carbonyl (C=O) groups excluding carboxylic acids is 1. The number of nitrogens with one attached hydrogen (secondary N) is 1. The molecule has 0 atom stereocenters. The van der Waals surface area contributed by atoms with Gasteiger partial charge in [-0.05, 0) is 47.3 Å². The predicted molar refractivity (Wildman–Crippen MR) is 82.4 cm³/mol. The van der Waals surface area contributed by atoms with Crippen LogP contribution in [0.1, 0.15) is 35.3 Å². The van der Waals surface area contributed by atoms with Crippen LogP contribution in [0.4, 0.5) is 5.69 Å². The summed E-state index contributed by atoms with van der Waals surface area (Å²) in [4.78, 5) is 13.3. The molecule has 19 heavy (non-hydrogen) atoms. The van der Waals surface area contributed by atoms with E-state index in [2.05, 4.69) is 21.2 Å². The topological polar surface area (TPSA) is 60.0 Å². The Morgan fingerprint density at radius 1 is 1.58 bits per heavy atom. The van der Waals surface area contributed by atoms with Crippen LogP contribution < -0.4 is 11.1 Å². The minimum absolute atomic E-state index is 0.106. The van der Waals surface area contributed by atoms with E-state index in [0.29, 0.717) is 17.9 Å². The van der Waals surface area contributed by atoms with Crippen molar-refractivity contribution in [1.29, 1.82) is 0 Å². The lowest BCUT2D eigenvalue weighted by Gasteiger charge is -2.12. The Bertz CT molecular complexity index is 588. The number of nitrogen functional groups attached to an aromatic ring is 1. The molecule has 0 saturated heterocycles. The molecule has 0 aliphatic heterocycles. The number of aromatic nitrogens is 1. The van der Waals surface area contributed by atoms with Gasteiger partial charge in [0, 0.05) is 21.6 Å². The van der Waals surface area contributed by atoms with Crippen molar-refractivity contribution in [3.63, 3.8) is 0 Å². The summed E-state index contributed by atoms with van der Waals surface area (Å²) in [6.07, 6.45) is 1.79. The molecule has 102 valence electrons. The van der Waals surface area contributed by atoms with E-state index in [9.17, 15) is 4.79 Å². The number of anilines is 1. The molecule has 2 aromatic heterocycles. The maximum Gasteiger partial charge on any atom is 0.268 e. The van der Waals surface area contributed by atoms with Crippen LogP contribution >= 0.6 is 27.3 Å². The van der Waals surface area contributed by atoms with E-state index in [4.69, 9.17) is 5.73 Å². The predicted octanol–water partition coefficient (Wildman–Crippen LogP) is 3.41. The van der Waals surface area contributed by atoms with Crippen molar-refractivity contribution in [3.05, 3.63) is 38.8 Å². The van der Waals surface area contributed by atoms with Crippen molar-refractivity contribution < 1.29 is 4.79 Å². The molecule has 2 heterocycles. The van der Waals surface area contributed by atoms with Gasteiger partial charge in [-0.25, -0.2) is 0 Å². The van der Waals surface area contributed by atoms with Crippen molar-refractivity contribution in [2.45, 2.75) is 26.4 Å². The molecule has 0 fully saturated rings. The SMILES string of the molecule is CC(C)n1cc(N)cc1C(=O)NCc1sccc1Br. The molecule has 1 amide bonds. The van der Waals surface area contributed by atoms with E-state index in [1.54, 1.807) is 23.6 Å². The zero-order valence-electron chi connectivity index (χ0n) is 10.8. The summed E-state index contributed by atoms with van der Waals surface area (Å²) < 4.78 is 2.91. The minimum Gasteiger partial charge on any atom is -0.397 e. The molecule has 0 saturated carbocycles. The van der Waals surface area contributed by atoms with Gasteiger partial charge in [0.25, 0.3) is 5.91 Å². The standard InChI is InChI=1S/C13H16BrN3OS/c1-8(2)17-7-9(15)5-11(17)13(18)16-6-12-10(14)3-4-19-12/h3-5,7-8H,6,15H2,1-2H3,(H,16,18). The highest BCUT2D eigenvalue weighted by atomic mass is 79.9. The van der Waals surface area contributed by atoms with Crippen LogP contribution in [0.2, 0.25) is 0 Å². The number of hydrogen-bond donors (Lipinski definition) is 2. The van der Waals surface area contributed by atoms with Crippen molar-refractivity contribution in [2.24, 2.45) is 0 Å². The van der Waals surface area contributed by atoms with Gasteiger partial charge in [0.1, 0.15) is 5.69 Å². The first-order valence-electron chi connectivity index (χ1n) is 5.96. The number of thiophene rings is 1. The highest BCUT2D eigenvalue weighted by Crippen LogP contribution is 2.22. The zero-order valence-corrected chi connectivity index (χ0v) is 13.2. The molecule has 2 rings (SSSR count). The summed E-state index contributed by atoms with van der Waals surface area (Å²) in [5.74, 6) is -0.106. The van der Waals surface area contributed by atoms with Crippen LogP contribution in [0.5, 0.6) is 0 Å². The minimum atomic E-state index is -0.106. The molecule has 0 radical (unpaired) electrons. The quantitative estimate of drug-likeness (QED) is 0.895. The lowest BCUT2D eigenvalue weighted by atomic mass is 10.3. The maximum atomic E-state index is 12.2. The van der Waals surface area contributed by atoms with Crippen LogP contribution in [-0.2, 0) is 6.54 Å². The number of carbonyl (C=O) groups is 1. The van der Waals surface area contributed by atoms with Crippen molar-refractivity contribution in [1.82, 2.24) is 9.88 Å². The summed E-state index contributed by atoms with van der Waals surface area (Å²) in [6.45, 7) is 4.55. The van der Waals surface area contributed by atoms with E-state index in [1.807, 2.05) is 29.9 Å². The van der Waals surface area contributed by atoms with E-state index >= 15 is 0 Å². The van der Waals surface area contributed by atoms with Crippen LogP contribution in [-0.4, -0.2) is 10.5 Å². The second-order valence-corrected chi connectivity index (χ2v) is 6.39. The first-order valence-corrected chi connectivity index (χ1v) is 7.63. The molecule has 4 nitrogen and oxygen atoms in total. The van der Waals surface area contributed by atoms with Crippen molar-refractivity contribution in [2.75, 3.05) is 5.73 Å². The largest absolute Gasteiger partial charge is 0.397 e. The van der Waals surface area contributed by atoms with Gasteiger partial charge < -0.3 is 15.6 Å².